The number of nitrogens with zero attached hydrogens (tertiary/aromatic N) is 2. The highest BCUT2D eigenvalue weighted by atomic mass is 35.5. The van der Waals surface area contributed by atoms with Crippen molar-refractivity contribution in [3.05, 3.63) is 117 Å². The molecule has 0 amide bonds. The van der Waals surface area contributed by atoms with Crippen LogP contribution in [-0.2, 0) is 29.7 Å². The molecule has 1 N–H and O–H groups in total. The number of rotatable bonds is 10. The number of hydrogen-bond donors (Lipinski definition) is 1. The van der Waals surface area contributed by atoms with E-state index in [0.29, 0.717) is 17.8 Å². The minimum Gasteiger partial charge on any atom is -0.466 e. The van der Waals surface area contributed by atoms with Gasteiger partial charge in [0, 0.05) is 41.4 Å². The molecule has 2 heterocycles. The molecule has 4 unspecified atom stereocenters. The van der Waals surface area contributed by atoms with Gasteiger partial charge in [0.15, 0.2) is 0 Å². The average Bonchev–Trinajstić information content (AvgIpc) is 3.05. The SMILES string of the molecule is CCOC(=O)C1C(c2cccc([N+](=O)[O-])c2)C(P2(=O)OCC(C)(C)CO2)=C(C)NC1(C)C(C)N(Cc1ccccc1)c1ccccc1.Cl. The van der Waals surface area contributed by atoms with E-state index in [1.807, 2.05) is 76.2 Å². The number of carbonyl (C=O) groups excluding carboxylic acids is 1. The molecule has 0 spiro atoms. The van der Waals surface area contributed by atoms with Gasteiger partial charge in [-0.1, -0.05) is 74.5 Å². The number of nitro groups is 1. The maximum absolute atomic E-state index is 14.8. The smallest absolute Gasteiger partial charge is 0.359 e. The maximum Gasteiger partial charge on any atom is 0.359 e. The summed E-state index contributed by atoms with van der Waals surface area (Å²) >= 11 is 0. The molecule has 1 saturated heterocycles. The zero-order valence-electron chi connectivity index (χ0n) is 28.3. The highest BCUT2D eigenvalue weighted by Crippen LogP contribution is 2.67. The Labute approximate surface area is 288 Å². The van der Waals surface area contributed by atoms with Gasteiger partial charge in [0.1, 0.15) is 0 Å². The van der Waals surface area contributed by atoms with Crippen LogP contribution in [0.1, 0.15) is 58.6 Å². The molecule has 0 saturated carbocycles. The number of allylic oxidation sites excluding steroid dienone is 2. The second-order valence-corrected chi connectivity index (χ2v) is 15.3. The lowest BCUT2D eigenvalue weighted by Crippen LogP contribution is -2.66. The largest absolute Gasteiger partial charge is 0.466 e. The number of esters is 1. The molecule has 3 aromatic rings. The van der Waals surface area contributed by atoms with Gasteiger partial charge in [0.2, 0.25) is 0 Å². The fourth-order valence-corrected chi connectivity index (χ4v) is 9.23. The van der Waals surface area contributed by atoms with Crippen LogP contribution < -0.4 is 10.2 Å². The van der Waals surface area contributed by atoms with Crippen LogP contribution in [0, 0.1) is 21.4 Å². The fourth-order valence-electron chi connectivity index (χ4n) is 6.73. The van der Waals surface area contributed by atoms with Gasteiger partial charge < -0.3 is 24.0 Å². The van der Waals surface area contributed by atoms with Crippen LogP contribution in [0.25, 0.3) is 0 Å². The molecule has 0 bridgehead atoms. The van der Waals surface area contributed by atoms with E-state index < -0.39 is 35.9 Å². The Morgan fingerprint density at radius 2 is 1.65 bits per heavy atom. The van der Waals surface area contributed by atoms with Gasteiger partial charge in [-0.05, 0) is 51.0 Å². The summed E-state index contributed by atoms with van der Waals surface area (Å²) in [5.74, 6) is -2.44. The number of carbonyl (C=O) groups is 1. The van der Waals surface area contributed by atoms with Gasteiger partial charge in [-0.15, -0.1) is 12.4 Å². The molecule has 12 heteroatoms. The predicted molar refractivity (Wildman–Crippen MR) is 189 cm³/mol. The van der Waals surface area contributed by atoms with E-state index >= 15 is 0 Å². The van der Waals surface area contributed by atoms with Crippen molar-refractivity contribution < 1.29 is 28.1 Å². The standard InChI is InChI=1S/C36H44N3O7P.ClH/c1-7-44-34(40)32-31(28-17-14-20-30(21-28)39(41)42)33(47(43)45-23-35(4,5)24-46-47)25(2)37-36(32,6)26(3)38(29-18-12-9-13-19-29)22-27-15-10-8-11-16-27;/h8-21,26,31-32,37H,7,22-24H2,1-6H3;1H. The second kappa shape index (κ2) is 14.8. The van der Waals surface area contributed by atoms with Gasteiger partial charge >= 0.3 is 13.6 Å². The summed E-state index contributed by atoms with van der Waals surface area (Å²) in [6, 6.07) is 25.8. The van der Waals surface area contributed by atoms with Crippen LogP contribution in [0.2, 0.25) is 0 Å². The van der Waals surface area contributed by atoms with Crippen molar-refractivity contribution in [1.82, 2.24) is 5.32 Å². The van der Waals surface area contributed by atoms with E-state index in [9.17, 15) is 19.5 Å². The minimum absolute atomic E-state index is 0. The van der Waals surface area contributed by atoms with Crippen molar-refractivity contribution in [3.8, 4) is 0 Å². The first-order valence-corrected chi connectivity index (χ1v) is 17.5. The summed E-state index contributed by atoms with van der Waals surface area (Å²) < 4.78 is 32.7. The normalized spacial score (nSPS) is 23.6. The number of nitrogens with one attached hydrogen (secondary N) is 1. The molecule has 48 heavy (non-hydrogen) atoms. The van der Waals surface area contributed by atoms with Crippen molar-refractivity contribution in [2.75, 3.05) is 24.7 Å². The quantitative estimate of drug-likeness (QED) is 0.0967. The van der Waals surface area contributed by atoms with Crippen molar-refractivity contribution in [1.29, 1.82) is 0 Å². The van der Waals surface area contributed by atoms with Crippen molar-refractivity contribution >= 4 is 37.3 Å². The topological polar surface area (TPSA) is 120 Å². The molecule has 3 aromatic carbocycles. The predicted octanol–water partition coefficient (Wildman–Crippen LogP) is 8.23. The minimum atomic E-state index is -3.98. The van der Waals surface area contributed by atoms with Crippen LogP contribution in [-0.4, -0.2) is 42.3 Å². The third kappa shape index (κ3) is 7.47. The summed E-state index contributed by atoms with van der Waals surface area (Å²) in [6.07, 6.45) is 0. The number of halogens is 1. The highest BCUT2D eigenvalue weighted by Gasteiger charge is 2.59. The van der Waals surface area contributed by atoms with Crippen LogP contribution >= 0.6 is 20.0 Å². The van der Waals surface area contributed by atoms with Crippen LogP contribution in [0.3, 0.4) is 0 Å². The molecule has 258 valence electrons. The van der Waals surface area contributed by atoms with Crippen molar-refractivity contribution in [2.24, 2.45) is 11.3 Å². The van der Waals surface area contributed by atoms with Crippen molar-refractivity contribution in [3.63, 3.8) is 0 Å². The Balaban J connectivity index is 0.00000520. The lowest BCUT2D eigenvalue weighted by atomic mass is 9.67. The molecule has 0 aliphatic carbocycles. The number of anilines is 1. The monoisotopic (exact) mass is 697 g/mol. The summed E-state index contributed by atoms with van der Waals surface area (Å²) in [5, 5.41) is 15.9. The Hall–Kier alpha value is -3.69. The van der Waals surface area contributed by atoms with Crippen LogP contribution in [0.4, 0.5) is 11.4 Å². The molecular weight excluding hydrogens is 653 g/mol. The number of nitro benzene ring substituents is 1. The zero-order valence-corrected chi connectivity index (χ0v) is 30.0. The zero-order chi connectivity index (χ0) is 34.0. The summed E-state index contributed by atoms with van der Waals surface area (Å²) in [6.45, 7) is 12.5. The third-order valence-electron chi connectivity index (χ3n) is 9.26. The molecule has 1 fully saturated rings. The van der Waals surface area contributed by atoms with Gasteiger partial charge in [0.05, 0.1) is 47.6 Å². The average molecular weight is 698 g/mol. The van der Waals surface area contributed by atoms with Crippen LogP contribution in [0.5, 0.6) is 0 Å². The number of para-hydroxylation sites is 1. The first kappa shape index (κ1) is 37.1. The molecule has 2 aliphatic rings. The lowest BCUT2D eigenvalue weighted by Gasteiger charge is -2.53. The molecule has 0 radical (unpaired) electrons. The van der Waals surface area contributed by atoms with Crippen LogP contribution in [0.15, 0.2) is 95.9 Å². The molecule has 4 atom stereocenters. The van der Waals surface area contributed by atoms with E-state index in [4.69, 9.17) is 13.8 Å². The Bertz CT molecular complexity index is 1670. The van der Waals surface area contributed by atoms with E-state index in [-0.39, 0.29) is 54.7 Å². The second-order valence-electron chi connectivity index (χ2n) is 13.3. The van der Waals surface area contributed by atoms with E-state index in [1.54, 1.807) is 19.1 Å². The summed E-state index contributed by atoms with van der Waals surface area (Å²) in [4.78, 5) is 28.1. The molecule has 2 aliphatic heterocycles. The third-order valence-corrected chi connectivity index (χ3v) is 11.4. The first-order valence-electron chi connectivity index (χ1n) is 15.9. The first-order chi connectivity index (χ1) is 22.3. The summed E-state index contributed by atoms with van der Waals surface area (Å²) in [7, 11) is -3.98. The Morgan fingerprint density at radius 1 is 1.04 bits per heavy atom. The fraction of sp³-hybridized carbons (Fsp3) is 0.417. The number of hydrogen-bond acceptors (Lipinski definition) is 9. The molecular formula is C36H45ClN3O7P. The molecule has 10 nitrogen and oxygen atoms in total. The van der Waals surface area contributed by atoms with Gasteiger partial charge in [-0.25, -0.2) is 0 Å². The number of non-ortho nitro benzene ring substituents is 1. The molecule has 5 rings (SSSR count). The summed E-state index contributed by atoms with van der Waals surface area (Å²) in [5.41, 5.74) is 1.45. The van der Waals surface area contributed by atoms with E-state index in [0.717, 1.165) is 11.3 Å². The maximum atomic E-state index is 14.8. The van der Waals surface area contributed by atoms with Crippen molar-refractivity contribution in [2.45, 2.75) is 65.6 Å². The van der Waals surface area contributed by atoms with Gasteiger partial charge in [-0.3, -0.25) is 19.5 Å². The van der Waals surface area contributed by atoms with E-state index in [2.05, 4.69) is 29.3 Å². The Morgan fingerprint density at radius 3 is 2.23 bits per heavy atom. The van der Waals surface area contributed by atoms with Gasteiger partial charge in [-0.2, -0.15) is 0 Å². The Kier molecular flexibility index (Phi) is 11.5. The number of benzene rings is 3. The molecule has 0 aromatic heterocycles. The van der Waals surface area contributed by atoms with E-state index in [1.165, 1.54) is 12.1 Å². The lowest BCUT2D eigenvalue weighted by molar-refractivity contribution is -0.384. The number of ether oxygens (including phenoxy) is 1. The van der Waals surface area contributed by atoms with Gasteiger partial charge in [0.25, 0.3) is 5.69 Å². The highest BCUT2D eigenvalue weighted by molar-refractivity contribution is 7.58.